The summed E-state index contributed by atoms with van der Waals surface area (Å²) in [5, 5.41) is 10.6. The Morgan fingerprint density at radius 1 is 0.959 bits per heavy atom. The van der Waals surface area contributed by atoms with Gasteiger partial charge < -0.3 is 19.5 Å². The SMILES string of the molecule is Cc1nc(CN2CCC(F)(F)CC2)c(-c2ccc(OCCc3ccc(F)cc3)cc2)c(N2CCC(C)(C)CC2)c1[C@H](OC(C)(C)C)C(=O)O. The van der Waals surface area contributed by atoms with Crippen LogP contribution in [0.3, 0.4) is 0 Å². The highest BCUT2D eigenvalue weighted by Gasteiger charge is 2.38. The zero-order valence-electron chi connectivity index (χ0n) is 29.6. The lowest BCUT2D eigenvalue weighted by molar-refractivity contribution is -0.160. The average molecular weight is 682 g/mol. The summed E-state index contributed by atoms with van der Waals surface area (Å²) in [5.41, 5.74) is 4.55. The molecule has 0 bridgehead atoms. The van der Waals surface area contributed by atoms with Crippen LogP contribution in [0.4, 0.5) is 18.9 Å². The molecular formula is C39H50F3N3O4. The summed E-state index contributed by atoms with van der Waals surface area (Å²) in [6.07, 6.45) is 0.764. The number of hydrogen-bond donors (Lipinski definition) is 1. The predicted octanol–water partition coefficient (Wildman–Crippen LogP) is 8.62. The van der Waals surface area contributed by atoms with Crippen molar-refractivity contribution in [3.05, 3.63) is 76.9 Å². The number of carbonyl (C=O) groups is 1. The van der Waals surface area contributed by atoms with Crippen LogP contribution in [0.2, 0.25) is 0 Å². The molecule has 0 aliphatic carbocycles. The van der Waals surface area contributed by atoms with Gasteiger partial charge in [0.15, 0.2) is 6.10 Å². The number of anilines is 1. The zero-order valence-corrected chi connectivity index (χ0v) is 29.6. The summed E-state index contributed by atoms with van der Waals surface area (Å²) >= 11 is 0. The average Bonchev–Trinajstić information content (AvgIpc) is 3.02. The number of aryl methyl sites for hydroxylation is 1. The number of alkyl halides is 2. The molecule has 49 heavy (non-hydrogen) atoms. The topological polar surface area (TPSA) is 75.1 Å². The summed E-state index contributed by atoms with van der Waals surface area (Å²) < 4.78 is 53.9. The van der Waals surface area contributed by atoms with Crippen LogP contribution in [0, 0.1) is 18.2 Å². The van der Waals surface area contributed by atoms with Gasteiger partial charge in [0.1, 0.15) is 11.6 Å². The smallest absolute Gasteiger partial charge is 0.337 e. The number of likely N-dealkylation sites (tertiary alicyclic amines) is 1. The molecule has 5 rings (SSSR count). The van der Waals surface area contributed by atoms with Crippen LogP contribution in [0.25, 0.3) is 11.1 Å². The molecule has 3 aromatic rings. The van der Waals surface area contributed by atoms with Gasteiger partial charge in [-0.1, -0.05) is 38.1 Å². The minimum atomic E-state index is -2.68. The molecule has 10 heteroatoms. The number of aliphatic carboxylic acids is 1. The van der Waals surface area contributed by atoms with E-state index in [0.717, 1.165) is 54.0 Å². The van der Waals surface area contributed by atoms with Crippen LogP contribution in [-0.2, 0) is 22.5 Å². The third kappa shape index (κ3) is 9.54. The third-order valence-electron chi connectivity index (χ3n) is 9.54. The van der Waals surface area contributed by atoms with E-state index < -0.39 is 23.6 Å². The molecule has 0 saturated carbocycles. The fourth-order valence-corrected chi connectivity index (χ4v) is 6.65. The van der Waals surface area contributed by atoms with Crippen molar-refractivity contribution in [2.75, 3.05) is 37.7 Å². The fourth-order valence-electron chi connectivity index (χ4n) is 6.65. The molecule has 1 N–H and O–H groups in total. The van der Waals surface area contributed by atoms with Crippen molar-refractivity contribution >= 4 is 11.7 Å². The van der Waals surface area contributed by atoms with Crippen molar-refractivity contribution in [1.29, 1.82) is 0 Å². The highest BCUT2D eigenvalue weighted by atomic mass is 19.3. The summed E-state index contributed by atoms with van der Waals surface area (Å²) in [6, 6.07) is 14.0. The summed E-state index contributed by atoms with van der Waals surface area (Å²) in [4.78, 5) is 22.3. The molecule has 266 valence electrons. The van der Waals surface area contributed by atoms with E-state index in [0.29, 0.717) is 36.6 Å². The third-order valence-corrected chi connectivity index (χ3v) is 9.54. The standard InChI is InChI=1S/C39H50F3N3O4/c1-26-32(35(36(46)47)49-37(2,3)4)34(45-22-16-38(5,6)17-23-45)33(31(43-26)25-44-20-18-39(41,42)19-21-44)28-9-13-30(14-10-28)48-24-15-27-7-11-29(40)12-8-27/h7-14,35H,15-25H2,1-6H3,(H,46,47)/t35-/m0/s1. The highest BCUT2D eigenvalue weighted by Crippen LogP contribution is 2.46. The Labute approximate surface area is 288 Å². The van der Waals surface area contributed by atoms with Crippen LogP contribution in [0.5, 0.6) is 5.75 Å². The number of benzene rings is 2. The second-order valence-electron chi connectivity index (χ2n) is 15.3. The van der Waals surface area contributed by atoms with Crippen LogP contribution >= 0.6 is 0 Å². The molecule has 2 aliphatic heterocycles. The molecule has 0 amide bonds. The van der Waals surface area contributed by atoms with Gasteiger partial charge in [0.05, 0.1) is 23.6 Å². The van der Waals surface area contributed by atoms with Gasteiger partial charge >= 0.3 is 5.97 Å². The number of pyridine rings is 1. The summed E-state index contributed by atoms with van der Waals surface area (Å²) in [6.45, 7) is 14.5. The van der Waals surface area contributed by atoms with Gasteiger partial charge in [0.25, 0.3) is 5.92 Å². The minimum absolute atomic E-state index is 0.141. The van der Waals surface area contributed by atoms with E-state index in [1.54, 1.807) is 12.1 Å². The highest BCUT2D eigenvalue weighted by molar-refractivity contribution is 5.88. The number of carboxylic acids is 1. The predicted molar refractivity (Wildman–Crippen MR) is 186 cm³/mol. The first-order valence-electron chi connectivity index (χ1n) is 17.3. The van der Waals surface area contributed by atoms with Crippen LogP contribution < -0.4 is 9.64 Å². The van der Waals surface area contributed by atoms with E-state index >= 15 is 0 Å². The normalized spacial score (nSPS) is 18.7. The van der Waals surface area contributed by atoms with Gasteiger partial charge in [0, 0.05) is 68.8 Å². The van der Waals surface area contributed by atoms with Gasteiger partial charge in [-0.15, -0.1) is 0 Å². The van der Waals surface area contributed by atoms with E-state index in [1.165, 1.54) is 12.1 Å². The lowest BCUT2D eigenvalue weighted by atomic mass is 9.81. The number of ether oxygens (including phenoxy) is 2. The van der Waals surface area contributed by atoms with E-state index in [2.05, 4.69) is 18.7 Å². The fraction of sp³-hybridized carbons (Fsp3) is 0.538. The van der Waals surface area contributed by atoms with Crippen LogP contribution in [-0.4, -0.2) is 65.3 Å². The van der Waals surface area contributed by atoms with Gasteiger partial charge in [-0.3, -0.25) is 9.88 Å². The molecule has 2 fully saturated rings. The Bertz CT molecular complexity index is 1580. The van der Waals surface area contributed by atoms with Crippen molar-refractivity contribution < 1.29 is 32.5 Å². The maximum absolute atomic E-state index is 14.1. The van der Waals surface area contributed by atoms with Gasteiger partial charge in [-0.25, -0.2) is 18.0 Å². The van der Waals surface area contributed by atoms with Crippen LogP contribution in [0.1, 0.15) is 88.9 Å². The molecule has 1 atom stereocenters. The largest absolute Gasteiger partial charge is 0.493 e. The van der Waals surface area contributed by atoms with E-state index in [9.17, 15) is 23.1 Å². The van der Waals surface area contributed by atoms with Crippen molar-refractivity contribution in [1.82, 2.24) is 9.88 Å². The molecule has 0 spiro atoms. The number of piperidine rings is 2. The van der Waals surface area contributed by atoms with E-state index in [-0.39, 0.29) is 37.2 Å². The molecule has 3 heterocycles. The molecule has 7 nitrogen and oxygen atoms in total. The minimum Gasteiger partial charge on any atom is -0.493 e. The van der Waals surface area contributed by atoms with E-state index in [4.69, 9.17) is 14.5 Å². The van der Waals surface area contributed by atoms with Crippen molar-refractivity contribution in [3.8, 4) is 16.9 Å². The van der Waals surface area contributed by atoms with Gasteiger partial charge in [-0.2, -0.15) is 0 Å². The number of hydrogen-bond acceptors (Lipinski definition) is 6. The first-order valence-corrected chi connectivity index (χ1v) is 17.3. The number of halogens is 3. The summed E-state index contributed by atoms with van der Waals surface area (Å²) in [5.74, 6) is -3.39. The molecular weight excluding hydrogens is 631 g/mol. The van der Waals surface area contributed by atoms with Crippen molar-refractivity contribution in [3.63, 3.8) is 0 Å². The quantitative estimate of drug-likeness (QED) is 0.217. The Morgan fingerprint density at radius 3 is 2.14 bits per heavy atom. The van der Waals surface area contributed by atoms with Crippen molar-refractivity contribution in [2.24, 2.45) is 5.41 Å². The molecule has 0 radical (unpaired) electrons. The van der Waals surface area contributed by atoms with Gasteiger partial charge in [-0.05, 0) is 81.3 Å². The Balaban J connectivity index is 1.59. The number of rotatable bonds is 11. The number of nitrogens with zero attached hydrogens (tertiary/aromatic N) is 3. The molecule has 1 aromatic heterocycles. The second kappa shape index (κ2) is 14.7. The maximum atomic E-state index is 14.1. The first-order chi connectivity index (χ1) is 23.0. The first kappa shape index (κ1) is 36.6. The number of carboxylic acid groups (broad SMARTS) is 1. The van der Waals surface area contributed by atoms with Crippen LogP contribution in [0.15, 0.2) is 48.5 Å². The Hall–Kier alpha value is -3.63. The molecule has 2 saturated heterocycles. The lowest BCUT2D eigenvalue weighted by Crippen LogP contribution is -2.40. The monoisotopic (exact) mass is 681 g/mol. The zero-order chi connectivity index (χ0) is 35.6. The Kier molecular flexibility index (Phi) is 11.0. The summed E-state index contributed by atoms with van der Waals surface area (Å²) in [7, 11) is 0. The molecule has 2 aliphatic rings. The number of aromatic nitrogens is 1. The lowest BCUT2D eigenvalue weighted by Gasteiger charge is -2.41. The van der Waals surface area contributed by atoms with Crippen molar-refractivity contribution in [2.45, 2.75) is 97.8 Å². The van der Waals surface area contributed by atoms with E-state index in [1.807, 2.05) is 56.9 Å². The Morgan fingerprint density at radius 2 is 1.57 bits per heavy atom. The van der Waals surface area contributed by atoms with Gasteiger partial charge in [0.2, 0.25) is 0 Å². The maximum Gasteiger partial charge on any atom is 0.337 e. The molecule has 0 unspecified atom stereocenters. The second-order valence-corrected chi connectivity index (χ2v) is 15.3. The molecule has 2 aromatic carbocycles.